The number of rotatable bonds is 7. The van der Waals surface area contributed by atoms with Crippen LogP contribution in [-0.2, 0) is 14.8 Å². The first-order valence-electron chi connectivity index (χ1n) is 9.82. The molecule has 0 bridgehead atoms. The Morgan fingerprint density at radius 3 is 2.03 bits per heavy atom. The highest BCUT2D eigenvalue weighted by Gasteiger charge is 2.15. The quantitative estimate of drug-likeness (QED) is 0.338. The van der Waals surface area contributed by atoms with Gasteiger partial charge in [-0.3, -0.25) is 4.72 Å². The summed E-state index contributed by atoms with van der Waals surface area (Å²) in [5, 5.41) is 6.33. The van der Waals surface area contributed by atoms with E-state index in [0.717, 1.165) is 5.56 Å². The van der Waals surface area contributed by atoms with Gasteiger partial charge in [0.1, 0.15) is 0 Å². The SMILES string of the molecule is CCOC(=O)c1ccc(NC(=S)Nc2ccc(S(=O)(=O)Nc3ccccc3C)cc2)cc1. The summed E-state index contributed by atoms with van der Waals surface area (Å²) in [5.74, 6) is -0.383. The van der Waals surface area contributed by atoms with Gasteiger partial charge in [0.05, 0.1) is 22.8 Å². The van der Waals surface area contributed by atoms with Gasteiger partial charge in [0.25, 0.3) is 10.0 Å². The maximum absolute atomic E-state index is 12.6. The maximum Gasteiger partial charge on any atom is 0.338 e. The van der Waals surface area contributed by atoms with Gasteiger partial charge in [0.2, 0.25) is 0 Å². The lowest BCUT2D eigenvalue weighted by Crippen LogP contribution is -2.19. The number of nitrogens with one attached hydrogen (secondary N) is 3. The lowest BCUT2D eigenvalue weighted by atomic mass is 10.2. The van der Waals surface area contributed by atoms with Crippen molar-refractivity contribution in [3.05, 3.63) is 83.9 Å². The Hall–Kier alpha value is -3.43. The van der Waals surface area contributed by atoms with Gasteiger partial charge in [0, 0.05) is 11.4 Å². The minimum Gasteiger partial charge on any atom is -0.462 e. The minimum atomic E-state index is -3.71. The molecule has 0 saturated heterocycles. The molecule has 166 valence electrons. The van der Waals surface area contributed by atoms with Crippen LogP contribution < -0.4 is 15.4 Å². The van der Waals surface area contributed by atoms with E-state index in [1.54, 1.807) is 55.5 Å². The largest absolute Gasteiger partial charge is 0.462 e. The van der Waals surface area contributed by atoms with E-state index in [9.17, 15) is 13.2 Å². The molecule has 32 heavy (non-hydrogen) atoms. The highest BCUT2D eigenvalue weighted by Crippen LogP contribution is 2.21. The first kappa shape index (κ1) is 23.2. The van der Waals surface area contributed by atoms with Gasteiger partial charge in [-0.15, -0.1) is 0 Å². The molecule has 7 nitrogen and oxygen atoms in total. The zero-order valence-electron chi connectivity index (χ0n) is 17.6. The number of hydrogen-bond acceptors (Lipinski definition) is 5. The van der Waals surface area contributed by atoms with Crippen LogP contribution in [0.15, 0.2) is 77.7 Å². The average molecular weight is 470 g/mol. The van der Waals surface area contributed by atoms with Crippen LogP contribution in [-0.4, -0.2) is 26.1 Å². The highest BCUT2D eigenvalue weighted by molar-refractivity contribution is 7.92. The second kappa shape index (κ2) is 10.3. The Morgan fingerprint density at radius 2 is 1.47 bits per heavy atom. The summed E-state index contributed by atoms with van der Waals surface area (Å²) in [5.41, 5.74) is 3.14. The van der Waals surface area contributed by atoms with Gasteiger partial charge in [-0.2, -0.15) is 0 Å². The molecule has 0 radical (unpaired) electrons. The molecule has 0 unspecified atom stereocenters. The standard InChI is InChI=1S/C23H23N3O4S2/c1-3-30-22(27)17-8-10-18(11-9-17)24-23(31)25-19-12-14-20(15-13-19)32(28,29)26-21-7-5-4-6-16(21)2/h4-15,26H,3H2,1-2H3,(H2,24,25,31). The average Bonchev–Trinajstić information content (AvgIpc) is 2.76. The van der Waals surface area contributed by atoms with Crippen LogP contribution in [0.1, 0.15) is 22.8 Å². The zero-order valence-corrected chi connectivity index (χ0v) is 19.2. The molecule has 0 atom stereocenters. The molecule has 0 saturated carbocycles. The van der Waals surface area contributed by atoms with Gasteiger partial charge < -0.3 is 15.4 Å². The molecule has 3 N–H and O–H groups in total. The first-order valence-corrected chi connectivity index (χ1v) is 11.7. The third-order valence-corrected chi connectivity index (χ3v) is 6.05. The van der Waals surface area contributed by atoms with Crippen molar-refractivity contribution in [3.63, 3.8) is 0 Å². The van der Waals surface area contributed by atoms with E-state index in [1.165, 1.54) is 12.1 Å². The second-order valence-corrected chi connectivity index (χ2v) is 8.91. The Labute approximate surface area is 192 Å². The third kappa shape index (κ3) is 6.05. The van der Waals surface area contributed by atoms with E-state index >= 15 is 0 Å². The van der Waals surface area contributed by atoms with Gasteiger partial charge in [-0.1, -0.05) is 18.2 Å². The van der Waals surface area contributed by atoms with Crippen LogP contribution in [0.3, 0.4) is 0 Å². The molecular weight excluding hydrogens is 446 g/mol. The van der Waals surface area contributed by atoms with Crippen LogP contribution in [0.2, 0.25) is 0 Å². The first-order chi connectivity index (χ1) is 15.3. The summed E-state index contributed by atoms with van der Waals surface area (Å²) in [6.07, 6.45) is 0. The van der Waals surface area contributed by atoms with Crippen molar-refractivity contribution in [1.29, 1.82) is 0 Å². The molecule has 0 aliphatic rings. The van der Waals surface area contributed by atoms with Crippen LogP contribution in [0.5, 0.6) is 0 Å². The van der Waals surface area contributed by atoms with E-state index in [4.69, 9.17) is 17.0 Å². The molecule has 0 aliphatic heterocycles. The number of anilines is 3. The predicted octanol–water partition coefficient (Wildman–Crippen LogP) is 4.78. The number of benzene rings is 3. The normalized spacial score (nSPS) is 10.8. The Balaban J connectivity index is 1.61. The van der Waals surface area contributed by atoms with E-state index in [-0.39, 0.29) is 10.9 Å². The number of aryl methyl sites for hydroxylation is 1. The number of hydrogen-bond donors (Lipinski definition) is 3. The lowest BCUT2D eigenvalue weighted by molar-refractivity contribution is 0.0526. The second-order valence-electron chi connectivity index (χ2n) is 6.82. The lowest BCUT2D eigenvalue weighted by Gasteiger charge is -2.13. The Kier molecular flexibility index (Phi) is 7.45. The summed E-state index contributed by atoms with van der Waals surface area (Å²) < 4.78 is 32.8. The van der Waals surface area contributed by atoms with Crippen molar-refractivity contribution in [2.75, 3.05) is 22.0 Å². The molecule has 3 aromatic rings. The summed E-state index contributed by atoms with van der Waals surface area (Å²) in [6, 6.07) is 20.1. The molecule has 0 aromatic heterocycles. The van der Waals surface area contributed by atoms with Crippen LogP contribution in [0.4, 0.5) is 17.1 Å². The fraction of sp³-hybridized carbons (Fsp3) is 0.130. The van der Waals surface area contributed by atoms with Crippen LogP contribution in [0, 0.1) is 6.92 Å². The van der Waals surface area contributed by atoms with Gasteiger partial charge >= 0.3 is 5.97 Å². The van der Waals surface area contributed by atoms with Crippen molar-refractivity contribution < 1.29 is 17.9 Å². The van der Waals surface area contributed by atoms with Crippen LogP contribution >= 0.6 is 12.2 Å². The van der Waals surface area contributed by atoms with Crippen molar-refractivity contribution in [2.24, 2.45) is 0 Å². The van der Waals surface area contributed by atoms with Gasteiger partial charge in [0.15, 0.2) is 5.11 Å². The minimum absolute atomic E-state index is 0.139. The molecule has 0 aliphatic carbocycles. The summed E-state index contributed by atoms with van der Waals surface area (Å²) >= 11 is 5.31. The molecule has 3 aromatic carbocycles. The molecule has 0 fully saturated rings. The van der Waals surface area contributed by atoms with E-state index < -0.39 is 10.0 Å². The molecule has 3 rings (SSSR count). The monoisotopic (exact) mass is 469 g/mol. The Bertz CT molecular complexity index is 1210. The predicted molar refractivity (Wildman–Crippen MR) is 131 cm³/mol. The fourth-order valence-corrected chi connectivity index (χ4v) is 4.17. The Morgan fingerprint density at radius 1 is 0.906 bits per heavy atom. The molecular formula is C23H23N3O4S2. The van der Waals surface area contributed by atoms with Crippen LogP contribution in [0.25, 0.3) is 0 Å². The smallest absolute Gasteiger partial charge is 0.338 e. The molecule has 0 spiro atoms. The number of sulfonamides is 1. The number of carbonyl (C=O) groups is 1. The summed E-state index contributed by atoms with van der Waals surface area (Å²) in [7, 11) is -3.71. The topological polar surface area (TPSA) is 96.5 Å². The zero-order chi connectivity index (χ0) is 23.1. The van der Waals surface area contributed by atoms with Crippen molar-refractivity contribution in [1.82, 2.24) is 0 Å². The fourth-order valence-electron chi connectivity index (χ4n) is 2.81. The maximum atomic E-state index is 12.6. The van der Waals surface area contributed by atoms with E-state index in [0.29, 0.717) is 34.3 Å². The van der Waals surface area contributed by atoms with E-state index in [1.807, 2.05) is 19.1 Å². The highest BCUT2D eigenvalue weighted by atomic mass is 32.2. The number of para-hydroxylation sites is 1. The number of ether oxygens (including phenoxy) is 1. The third-order valence-electron chi connectivity index (χ3n) is 4.47. The molecule has 0 heterocycles. The van der Waals surface area contributed by atoms with Crippen molar-refractivity contribution in [2.45, 2.75) is 18.7 Å². The van der Waals surface area contributed by atoms with Gasteiger partial charge in [-0.05, 0) is 86.2 Å². The number of esters is 1. The number of carbonyl (C=O) groups excluding carboxylic acids is 1. The number of thiocarbonyl (C=S) groups is 1. The van der Waals surface area contributed by atoms with Gasteiger partial charge in [-0.25, -0.2) is 13.2 Å². The van der Waals surface area contributed by atoms with Crippen molar-refractivity contribution in [3.8, 4) is 0 Å². The summed E-state index contributed by atoms with van der Waals surface area (Å²) in [6.45, 7) is 3.90. The molecule has 0 amide bonds. The van der Waals surface area contributed by atoms with Crippen molar-refractivity contribution >= 4 is 50.4 Å². The van der Waals surface area contributed by atoms with E-state index in [2.05, 4.69) is 15.4 Å². The summed E-state index contributed by atoms with van der Waals surface area (Å²) in [4.78, 5) is 11.8. The molecule has 9 heteroatoms.